The second-order valence-electron chi connectivity index (χ2n) is 5.77. The summed E-state index contributed by atoms with van der Waals surface area (Å²) in [5, 5.41) is 0. The van der Waals surface area contributed by atoms with Gasteiger partial charge in [-0.05, 0) is 56.2 Å². The molecule has 0 N–H and O–H groups in total. The first-order valence-electron chi connectivity index (χ1n) is 7.55. The molecule has 1 aromatic heterocycles. The van der Waals surface area contributed by atoms with Crippen molar-refractivity contribution in [3.05, 3.63) is 46.8 Å². The van der Waals surface area contributed by atoms with Gasteiger partial charge in [0.25, 0.3) is 0 Å². The quantitative estimate of drug-likeness (QED) is 0.791. The van der Waals surface area contributed by atoms with E-state index in [1.165, 1.54) is 41.0 Å². The third kappa shape index (κ3) is 1.80. The number of rotatable bonds is 1. The molecule has 0 amide bonds. The van der Waals surface area contributed by atoms with Crippen LogP contribution in [0.4, 0.5) is 11.6 Å². The molecule has 4 rings (SSSR count). The molecule has 0 spiro atoms. The molecule has 1 aliphatic carbocycles. The van der Waals surface area contributed by atoms with E-state index in [1.807, 2.05) is 0 Å². The maximum Gasteiger partial charge on any atom is 0.230 e. The van der Waals surface area contributed by atoms with Gasteiger partial charge in [-0.1, -0.05) is 18.2 Å². The lowest BCUT2D eigenvalue weighted by atomic mass is 10.0. The predicted octanol–water partition coefficient (Wildman–Crippen LogP) is 3.36. The van der Waals surface area contributed by atoms with Crippen molar-refractivity contribution in [3.63, 3.8) is 0 Å². The van der Waals surface area contributed by atoms with Gasteiger partial charge in [-0.25, -0.2) is 9.97 Å². The Morgan fingerprint density at radius 2 is 1.90 bits per heavy atom. The van der Waals surface area contributed by atoms with Crippen molar-refractivity contribution in [2.75, 3.05) is 11.4 Å². The third-order valence-corrected chi connectivity index (χ3v) is 4.48. The molecule has 102 valence electrons. The summed E-state index contributed by atoms with van der Waals surface area (Å²) in [6, 6.07) is 8.65. The number of hydrogen-bond acceptors (Lipinski definition) is 3. The molecular weight excluding hydrogens is 246 g/mol. The molecule has 20 heavy (non-hydrogen) atoms. The van der Waals surface area contributed by atoms with Crippen molar-refractivity contribution in [1.29, 1.82) is 0 Å². The van der Waals surface area contributed by atoms with Gasteiger partial charge in [-0.3, -0.25) is 0 Å². The van der Waals surface area contributed by atoms with Crippen LogP contribution in [0.5, 0.6) is 0 Å². The number of anilines is 2. The normalized spacial score (nSPS) is 16.9. The van der Waals surface area contributed by atoms with Crippen molar-refractivity contribution in [2.24, 2.45) is 0 Å². The van der Waals surface area contributed by atoms with Crippen molar-refractivity contribution in [1.82, 2.24) is 9.97 Å². The molecule has 2 aromatic rings. The minimum absolute atomic E-state index is 0.898. The Bertz CT molecular complexity index is 663. The molecule has 0 fully saturated rings. The van der Waals surface area contributed by atoms with Crippen LogP contribution in [0.2, 0.25) is 0 Å². The Kier molecular flexibility index (Phi) is 2.72. The highest BCUT2D eigenvalue weighted by atomic mass is 15.3. The van der Waals surface area contributed by atoms with E-state index < -0.39 is 0 Å². The van der Waals surface area contributed by atoms with E-state index in [9.17, 15) is 0 Å². The molecule has 1 aliphatic heterocycles. The highest BCUT2D eigenvalue weighted by molar-refractivity contribution is 5.63. The lowest BCUT2D eigenvalue weighted by Gasteiger charge is -2.30. The van der Waals surface area contributed by atoms with Gasteiger partial charge in [0.15, 0.2) is 0 Å². The molecule has 1 aromatic carbocycles. The van der Waals surface area contributed by atoms with Crippen LogP contribution in [0.25, 0.3) is 0 Å². The van der Waals surface area contributed by atoms with E-state index in [2.05, 4.69) is 36.1 Å². The molecule has 0 saturated carbocycles. The fourth-order valence-electron chi connectivity index (χ4n) is 3.47. The standard InChI is InChI=1S/C17H19N3/c1-12-14-8-4-9-15(14)19-17(18-12)20-11-5-7-13-6-2-3-10-16(13)20/h2-3,6,10H,4-5,7-9,11H2,1H3. The van der Waals surface area contributed by atoms with Gasteiger partial charge in [0.05, 0.1) is 0 Å². The van der Waals surface area contributed by atoms with Crippen molar-refractivity contribution < 1.29 is 0 Å². The summed E-state index contributed by atoms with van der Waals surface area (Å²) in [5.41, 5.74) is 6.54. The highest BCUT2D eigenvalue weighted by Crippen LogP contribution is 2.33. The number of fused-ring (bicyclic) bond motifs is 2. The Hall–Kier alpha value is -1.90. The van der Waals surface area contributed by atoms with Crippen LogP contribution in [0.1, 0.15) is 35.4 Å². The molecule has 0 atom stereocenters. The van der Waals surface area contributed by atoms with Crippen LogP contribution in [-0.2, 0) is 19.3 Å². The van der Waals surface area contributed by atoms with E-state index in [0.29, 0.717) is 0 Å². The predicted molar refractivity (Wildman–Crippen MR) is 80.6 cm³/mol. The number of aromatic nitrogens is 2. The zero-order valence-corrected chi connectivity index (χ0v) is 11.9. The topological polar surface area (TPSA) is 29.0 Å². The molecule has 3 heteroatoms. The van der Waals surface area contributed by atoms with Gasteiger partial charge in [0.2, 0.25) is 5.95 Å². The van der Waals surface area contributed by atoms with Gasteiger partial charge in [-0.2, -0.15) is 0 Å². The van der Waals surface area contributed by atoms with E-state index in [0.717, 1.165) is 31.8 Å². The fourth-order valence-corrected chi connectivity index (χ4v) is 3.47. The van der Waals surface area contributed by atoms with Crippen molar-refractivity contribution in [2.45, 2.75) is 39.0 Å². The fraction of sp³-hybridized carbons (Fsp3) is 0.412. The SMILES string of the molecule is Cc1nc(N2CCCc3ccccc32)nc2c1CCC2. The van der Waals surface area contributed by atoms with Crippen molar-refractivity contribution in [3.8, 4) is 0 Å². The minimum Gasteiger partial charge on any atom is -0.310 e. The Labute approximate surface area is 119 Å². The Morgan fingerprint density at radius 3 is 2.85 bits per heavy atom. The summed E-state index contributed by atoms with van der Waals surface area (Å²) >= 11 is 0. The summed E-state index contributed by atoms with van der Waals surface area (Å²) in [7, 11) is 0. The summed E-state index contributed by atoms with van der Waals surface area (Å²) < 4.78 is 0. The zero-order chi connectivity index (χ0) is 13.5. The summed E-state index contributed by atoms with van der Waals surface area (Å²) in [4.78, 5) is 11.9. The van der Waals surface area contributed by atoms with Crippen LogP contribution in [-0.4, -0.2) is 16.5 Å². The molecular formula is C17H19N3. The second-order valence-corrected chi connectivity index (χ2v) is 5.77. The molecule has 2 heterocycles. The zero-order valence-electron chi connectivity index (χ0n) is 11.9. The Balaban J connectivity index is 1.81. The number of aryl methyl sites for hydroxylation is 3. The van der Waals surface area contributed by atoms with Gasteiger partial charge >= 0.3 is 0 Å². The second kappa shape index (κ2) is 4.58. The van der Waals surface area contributed by atoms with E-state index in [-0.39, 0.29) is 0 Å². The van der Waals surface area contributed by atoms with Crippen LogP contribution in [0.15, 0.2) is 24.3 Å². The summed E-state index contributed by atoms with van der Waals surface area (Å²) in [5.74, 6) is 0.898. The first-order valence-corrected chi connectivity index (χ1v) is 7.55. The van der Waals surface area contributed by atoms with Gasteiger partial charge < -0.3 is 4.90 Å². The maximum absolute atomic E-state index is 4.85. The summed E-state index contributed by atoms with van der Waals surface area (Å²) in [6.07, 6.45) is 5.83. The van der Waals surface area contributed by atoms with E-state index >= 15 is 0 Å². The molecule has 0 radical (unpaired) electrons. The maximum atomic E-state index is 4.85. The first-order chi connectivity index (χ1) is 9.83. The monoisotopic (exact) mass is 265 g/mol. The molecule has 0 bridgehead atoms. The summed E-state index contributed by atoms with van der Waals surface area (Å²) in [6.45, 7) is 3.15. The molecule has 0 saturated heterocycles. The third-order valence-electron chi connectivity index (χ3n) is 4.48. The van der Waals surface area contributed by atoms with Crippen LogP contribution in [0, 0.1) is 6.92 Å². The van der Waals surface area contributed by atoms with Crippen LogP contribution >= 0.6 is 0 Å². The number of para-hydroxylation sites is 1. The molecule has 0 unspecified atom stereocenters. The van der Waals surface area contributed by atoms with Gasteiger partial charge in [-0.15, -0.1) is 0 Å². The van der Waals surface area contributed by atoms with Gasteiger partial charge in [0.1, 0.15) is 0 Å². The van der Waals surface area contributed by atoms with Crippen molar-refractivity contribution >= 4 is 11.6 Å². The van der Waals surface area contributed by atoms with E-state index in [1.54, 1.807) is 0 Å². The molecule has 2 aliphatic rings. The minimum atomic E-state index is 0.898. The van der Waals surface area contributed by atoms with Crippen LogP contribution < -0.4 is 4.90 Å². The molecule has 3 nitrogen and oxygen atoms in total. The average Bonchev–Trinajstić information content (AvgIpc) is 2.95. The largest absolute Gasteiger partial charge is 0.310 e. The van der Waals surface area contributed by atoms with E-state index in [4.69, 9.17) is 9.97 Å². The van der Waals surface area contributed by atoms with Gasteiger partial charge in [0, 0.05) is 23.6 Å². The van der Waals surface area contributed by atoms with Crippen LogP contribution in [0.3, 0.4) is 0 Å². The number of benzene rings is 1. The number of nitrogens with zero attached hydrogens (tertiary/aromatic N) is 3. The lowest BCUT2D eigenvalue weighted by molar-refractivity contribution is 0.745. The Morgan fingerprint density at radius 1 is 1.00 bits per heavy atom. The first kappa shape index (κ1) is 11.9. The average molecular weight is 265 g/mol. The smallest absolute Gasteiger partial charge is 0.230 e. The number of hydrogen-bond donors (Lipinski definition) is 0. The lowest BCUT2D eigenvalue weighted by Crippen LogP contribution is -2.26. The highest BCUT2D eigenvalue weighted by Gasteiger charge is 2.23.